The average molecular weight is 493 g/mol. The molecule has 2 saturated heterocycles. The van der Waals surface area contributed by atoms with E-state index < -0.39 is 29.7 Å². The molecule has 2 heterocycles. The molecule has 36 heavy (non-hydrogen) atoms. The van der Waals surface area contributed by atoms with E-state index in [1.54, 1.807) is 4.90 Å². The molecule has 1 aliphatic carbocycles. The second-order valence-corrected chi connectivity index (χ2v) is 11.0. The van der Waals surface area contributed by atoms with Crippen molar-refractivity contribution in [3.63, 3.8) is 0 Å². The van der Waals surface area contributed by atoms with Crippen LogP contribution in [0.5, 0.6) is 0 Å². The minimum Gasteiger partial charge on any atom is -0.481 e. The molecular formula is C28H32N2O6. The van der Waals surface area contributed by atoms with E-state index in [9.17, 15) is 19.5 Å². The largest absolute Gasteiger partial charge is 0.481 e. The number of carbonyl (C=O) groups excluding carboxylic acids is 2. The molecule has 2 unspecified atom stereocenters. The molecular weight excluding hydrogens is 460 g/mol. The Hall–Kier alpha value is -3.55. The van der Waals surface area contributed by atoms with Gasteiger partial charge in [-0.1, -0.05) is 48.5 Å². The standard InChI is InChI=1S/C28H32N2O6/c1-28(2,3)36-27(34)29-12-17(13-29)22-14-30(15-23(22)25(31)32)26(33)35-16-24-20-10-6-4-8-18(20)19-9-5-7-11-21(19)24/h4-11,17,22-24H,12-16H2,1-3H3,(H,31,32). The topological polar surface area (TPSA) is 96.4 Å². The number of carboxylic acids is 1. The molecule has 0 aromatic heterocycles. The van der Waals surface area contributed by atoms with Gasteiger partial charge in [0.2, 0.25) is 0 Å². The summed E-state index contributed by atoms with van der Waals surface area (Å²) in [6, 6.07) is 16.3. The zero-order valence-electron chi connectivity index (χ0n) is 20.8. The fourth-order valence-electron chi connectivity index (χ4n) is 5.66. The van der Waals surface area contributed by atoms with Crippen LogP contribution in [0.3, 0.4) is 0 Å². The van der Waals surface area contributed by atoms with Crippen LogP contribution in [-0.2, 0) is 14.3 Å². The molecule has 2 aromatic carbocycles. The van der Waals surface area contributed by atoms with Crippen LogP contribution in [0.4, 0.5) is 9.59 Å². The number of aliphatic carboxylic acids is 1. The number of carboxylic acid groups (broad SMARTS) is 1. The van der Waals surface area contributed by atoms with Crippen LogP contribution in [0.15, 0.2) is 48.5 Å². The van der Waals surface area contributed by atoms with E-state index in [0.29, 0.717) is 19.6 Å². The van der Waals surface area contributed by atoms with Gasteiger partial charge in [-0.2, -0.15) is 0 Å². The first-order valence-corrected chi connectivity index (χ1v) is 12.4. The number of fused-ring (bicyclic) bond motifs is 3. The zero-order chi connectivity index (χ0) is 25.6. The van der Waals surface area contributed by atoms with Crippen LogP contribution in [-0.4, -0.2) is 71.4 Å². The zero-order valence-corrected chi connectivity index (χ0v) is 20.8. The molecule has 0 saturated carbocycles. The highest BCUT2D eigenvalue weighted by Crippen LogP contribution is 2.44. The van der Waals surface area contributed by atoms with Crippen molar-refractivity contribution < 1.29 is 29.0 Å². The molecule has 190 valence electrons. The fraction of sp³-hybridized carbons (Fsp3) is 0.464. The van der Waals surface area contributed by atoms with E-state index in [2.05, 4.69) is 24.3 Å². The summed E-state index contributed by atoms with van der Waals surface area (Å²) in [7, 11) is 0. The van der Waals surface area contributed by atoms with Crippen LogP contribution in [0.2, 0.25) is 0 Å². The molecule has 1 N–H and O–H groups in total. The first kappa shape index (κ1) is 24.2. The van der Waals surface area contributed by atoms with Gasteiger partial charge in [-0.3, -0.25) is 4.79 Å². The summed E-state index contributed by atoms with van der Waals surface area (Å²) in [5.74, 6) is -1.89. The molecule has 2 aliphatic heterocycles. The van der Waals surface area contributed by atoms with E-state index in [0.717, 1.165) is 22.3 Å². The Balaban J connectivity index is 1.21. The summed E-state index contributed by atoms with van der Waals surface area (Å²) in [6.45, 7) is 6.91. The third-order valence-corrected chi connectivity index (χ3v) is 7.44. The number of rotatable bonds is 4. The highest BCUT2D eigenvalue weighted by atomic mass is 16.6. The quantitative estimate of drug-likeness (QED) is 0.678. The number of benzene rings is 2. The normalized spacial score (nSPS) is 21.5. The van der Waals surface area contributed by atoms with Gasteiger partial charge in [0.15, 0.2) is 0 Å². The van der Waals surface area contributed by atoms with E-state index >= 15 is 0 Å². The van der Waals surface area contributed by atoms with Crippen molar-refractivity contribution in [3.05, 3.63) is 59.7 Å². The van der Waals surface area contributed by atoms with Crippen LogP contribution in [0, 0.1) is 17.8 Å². The minimum absolute atomic E-state index is 0.00463. The van der Waals surface area contributed by atoms with E-state index in [4.69, 9.17) is 9.47 Å². The number of hydrogen-bond donors (Lipinski definition) is 1. The van der Waals surface area contributed by atoms with Crippen molar-refractivity contribution in [1.82, 2.24) is 9.80 Å². The van der Waals surface area contributed by atoms with Gasteiger partial charge in [-0.25, -0.2) is 9.59 Å². The SMILES string of the molecule is CC(C)(C)OC(=O)N1CC(C2CN(C(=O)OCC3c4ccccc4-c4ccccc43)CC2C(=O)O)C1. The van der Waals surface area contributed by atoms with Crippen molar-refractivity contribution in [2.24, 2.45) is 17.8 Å². The van der Waals surface area contributed by atoms with Gasteiger partial charge >= 0.3 is 18.2 Å². The summed E-state index contributed by atoms with van der Waals surface area (Å²) >= 11 is 0. The predicted molar refractivity (Wildman–Crippen MR) is 133 cm³/mol. The molecule has 3 aliphatic rings. The molecule has 2 fully saturated rings. The van der Waals surface area contributed by atoms with E-state index in [1.165, 1.54) is 4.90 Å². The lowest BCUT2D eigenvalue weighted by atomic mass is 9.79. The van der Waals surface area contributed by atoms with Gasteiger partial charge in [0.25, 0.3) is 0 Å². The average Bonchev–Trinajstić information content (AvgIpc) is 3.36. The first-order chi connectivity index (χ1) is 17.1. The molecule has 8 heteroatoms. The Labute approximate surface area is 210 Å². The Kier molecular flexibility index (Phi) is 6.14. The first-order valence-electron chi connectivity index (χ1n) is 12.4. The maximum atomic E-state index is 13.0. The molecule has 0 spiro atoms. The molecule has 2 aromatic rings. The second-order valence-electron chi connectivity index (χ2n) is 11.0. The van der Waals surface area contributed by atoms with Gasteiger partial charge in [0, 0.05) is 32.1 Å². The predicted octanol–water partition coefficient (Wildman–Crippen LogP) is 4.44. The highest BCUT2D eigenvalue weighted by Gasteiger charge is 2.49. The summed E-state index contributed by atoms with van der Waals surface area (Å²) in [5.41, 5.74) is 3.98. The second kappa shape index (κ2) is 9.15. The number of nitrogens with zero attached hydrogens (tertiary/aromatic N) is 2. The fourth-order valence-corrected chi connectivity index (χ4v) is 5.66. The highest BCUT2D eigenvalue weighted by molar-refractivity contribution is 5.79. The molecule has 8 nitrogen and oxygen atoms in total. The summed E-state index contributed by atoms with van der Waals surface area (Å²) < 4.78 is 11.2. The molecule has 0 radical (unpaired) electrons. The van der Waals surface area contributed by atoms with Gasteiger partial charge in [0.1, 0.15) is 12.2 Å². The van der Waals surface area contributed by atoms with Gasteiger partial charge in [0.05, 0.1) is 5.92 Å². The third kappa shape index (κ3) is 4.52. The third-order valence-electron chi connectivity index (χ3n) is 7.44. The van der Waals surface area contributed by atoms with Crippen LogP contribution in [0.1, 0.15) is 37.8 Å². The van der Waals surface area contributed by atoms with Crippen LogP contribution < -0.4 is 0 Å². The van der Waals surface area contributed by atoms with Gasteiger partial charge in [-0.05, 0) is 54.9 Å². The van der Waals surface area contributed by atoms with Crippen molar-refractivity contribution >= 4 is 18.2 Å². The monoisotopic (exact) mass is 492 g/mol. The maximum Gasteiger partial charge on any atom is 0.410 e. The molecule has 2 atom stereocenters. The lowest BCUT2D eigenvalue weighted by Crippen LogP contribution is -2.55. The summed E-state index contributed by atoms with van der Waals surface area (Å²) in [4.78, 5) is 40.4. The number of amides is 2. The lowest BCUT2D eigenvalue weighted by Gasteiger charge is -2.43. The van der Waals surface area contributed by atoms with Crippen molar-refractivity contribution in [3.8, 4) is 11.1 Å². The molecule has 5 rings (SSSR count). The number of ether oxygens (including phenoxy) is 2. The van der Waals surface area contributed by atoms with Crippen LogP contribution in [0.25, 0.3) is 11.1 Å². The smallest absolute Gasteiger partial charge is 0.410 e. The van der Waals surface area contributed by atoms with Crippen molar-refractivity contribution in [2.75, 3.05) is 32.8 Å². The Morgan fingerprint density at radius 3 is 1.97 bits per heavy atom. The summed E-state index contributed by atoms with van der Waals surface area (Å²) in [5, 5.41) is 9.82. The number of carbonyl (C=O) groups is 3. The number of likely N-dealkylation sites (tertiary alicyclic amines) is 2. The van der Waals surface area contributed by atoms with Gasteiger partial charge < -0.3 is 24.4 Å². The Morgan fingerprint density at radius 1 is 0.861 bits per heavy atom. The van der Waals surface area contributed by atoms with Gasteiger partial charge in [-0.15, -0.1) is 0 Å². The van der Waals surface area contributed by atoms with E-state index in [1.807, 2.05) is 45.0 Å². The number of hydrogen-bond acceptors (Lipinski definition) is 5. The Morgan fingerprint density at radius 2 is 1.42 bits per heavy atom. The minimum atomic E-state index is -0.926. The molecule has 2 amide bonds. The van der Waals surface area contributed by atoms with Crippen molar-refractivity contribution in [2.45, 2.75) is 32.3 Å². The maximum absolute atomic E-state index is 13.0. The molecule has 0 bridgehead atoms. The lowest BCUT2D eigenvalue weighted by molar-refractivity contribution is -0.143. The Bertz CT molecular complexity index is 1140. The van der Waals surface area contributed by atoms with E-state index in [-0.39, 0.29) is 30.9 Å². The van der Waals surface area contributed by atoms with Crippen molar-refractivity contribution in [1.29, 1.82) is 0 Å². The summed E-state index contributed by atoms with van der Waals surface area (Å²) in [6.07, 6.45) is -0.883. The van der Waals surface area contributed by atoms with Crippen LogP contribution >= 0.6 is 0 Å².